The third kappa shape index (κ3) is 21.8. The largest absolute Gasteiger partial charge is 0.149 e. The summed E-state index contributed by atoms with van der Waals surface area (Å²) in [5.74, 6) is 3.13. The maximum atomic E-state index is 2.27. The monoisotopic (exact) mass is 582 g/mol. The number of thiophene rings is 1. The molecule has 0 atom stereocenters. The topological polar surface area (TPSA) is 0 Å². The van der Waals surface area contributed by atoms with E-state index in [4.69, 9.17) is 0 Å². The van der Waals surface area contributed by atoms with Crippen LogP contribution in [-0.2, 0) is 19.3 Å². The Morgan fingerprint density at radius 2 is 1.05 bits per heavy atom. The van der Waals surface area contributed by atoms with E-state index in [1.165, 1.54) is 47.3 Å². The lowest BCUT2D eigenvalue weighted by Crippen LogP contribution is -1.92. The summed E-state index contributed by atoms with van der Waals surface area (Å²) in [6.07, 6.45) is 10.5. The van der Waals surface area contributed by atoms with Crippen molar-refractivity contribution in [3.8, 4) is 0 Å². The summed E-state index contributed by atoms with van der Waals surface area (Å²) in [5, 5.41) is 2.14. The molecule has 0 spiro atoms. The molecule has 4 aromatic rings. The van der Waals surface area contributed by atoms with Crippen molar-refractivity contribution >= 4 is 17.4 Å². The average Bonchev–Trinajstić information content (AvgIpc) is 3.47. The van der Waals surface area contributed by atoms with Gasteiger partial charge in [0.1, 0.15) is 0 Å². The molecule has 0 bridgehead atoms. The maximum absolute atomic E-state index is 2.27. The molecule has 0 N–H and O–H groups in total. The molecule has 1 heteroatoms. The van der Waals surface area contributed by atoms with Crippen LogP contribution in [0.15, 0.2) is 115 Å². The minimum atomic E-state index is 0.755. The van der Waals surface area contributed by atoms with Crippen LogP contribution in [0, 0.1) is 23.7 Å². The zero-order chi connectivity index (χ0) is 31.0. The van der Waals surface area contributed by atoms with E-state index in [9.17, 15) is 0 Å². The van der Waals surface area contributed by atoms with Crippen LogP contribution < -0.4 is 0 Å². The molecule has 0 saturated carbocycles. The van der Waals surface area contributed by atoms with Gasteiger partial charge in [-0.3, -0.25) is 0 Å². The molecule has 0 aliphatic rings. The Labute approximate surface area is 264 Å². The second-order valence-corrected chi connectivity index (χ2v) is 13.7. The molecule has 4 rings (SSSR count). The first kappa shape index (κ1) is 37.1. The van der Waals surface area contributed by atoms with Crippen molar-refractivity contribution in [1.29, 1.82) is 0 Å². The number of rotatable bonds is 10. The van der Waals surface area contributed by atoms with E-state index in [1.54, 1.807) is 0 Å². The van der Waals surface area contributed by atoms with E-state index in [0.29, 0.717) is 0 Å². The summed E-state index contributed by atoms with van der Waals surface area (Å²) in [6.45, 7) is 18.0. The van der Waals surface area contributed by atoms with Crippen LogP contribution in [0.1, 0.15) is 89.8 Å². The van der Waals surface area contributed by atoms with Crippen LogP contribution in [0.3, 0.4) is 0 Å². The third-order valence-corrected chi connectivity index (χ3v) is 7.15. The van der Waals surface area contributed by atoms with Gasteiger partial charge in [0.05, 0.1) is 0 Å². The van der Waals surface area contributed by atoms with Crippen molar-refractivity contribution in [3.05, 3.63) is 136 Å². The van der Waals surface area contributed by atoms with Gasteiger partial charge in [-0.15, -0.1) is 11.3 Å². The summed E-state index contributed by atoms with van der Waals surface area (Å²) >= 11 is 1.85. The number of allylic oxidation sites excluding steroid dienone is 1. The molecule has 0 radical (unpaired) electrons. The molecule has 3 aromatic carbocycles. The molecular weight excluding hydrogens is 525 g/mol. The Morgan fingerprint density at radius 3 is 1.50 bits per heavy atom. The lowest BCUT2D eigenvalue weighted by atomic mass is 10.0. The summed E-state index contributed by atoms with van der Waals surface area (Å²) in [6, 6.07) is 36.0. The maximum Gasteiger partial charge on any atom is 0.00477 e. The fraction of sp³-hybridized carbons (Fsp3) is 0.415. The van der Waals surface area contributed by atoms with Crippen molar-refractivity contribution in [2.45, 2.75) is 87.5 Å². The van der Waals surface area contributed by atoms with Gasteiger partial charge in [0.2, 0.25) is 0 Å². The number of aryl methyl sites for hydroxylation is 1. The van der Waals surface area contributed by atoms with Gasteiger partial charge in [-0.1, -0.05) is 165 Å². The summed E-state index contributed by atoms with van der Waals surface area (Å²) in [5.41, 5.74) is 4.19. The number of hydrogen-bond acceptors (Lipinski definition) is 1. The van der Waals surface area contributed by atoms with Crippen LogP contribution in [0.5, 0.6) is 0 Å². The Bertz CT molecular complexity index is 1120. The lowest BCUT2D eigenvalue weighted by Gasteiger charge is -2.03. The standard InChI is InChI=1S/C12H16.C11H16.C10H14.C8H12S/c1-11(2)7-6-10-12-8-4-3-5-9-12;1-10(2)8-9-11-6-4-3-5-7-11;1-9(2)8-10-6-4-3-5-7-10;1-7(2)6-8-4-3-5-9-8/h3-6,8-11H,7H2,1-2H3;3-7,10H,8-9H2,1-2H3;3-7,9H,8H2,1-2H3;3-5,7H,6H2,1-2H3/b10-6+;;;. The predicted molar refractivity (Wildman–Crippen MR) is 192 cm³/mol. The highest BCUT2D eigenvalue weighted by Crippen LogP contribution is 2.13. The van der Waals surface area contributed by atoms with E-state index in [-0.39, 0.29) is 0 Å². The van der Waals surface area contributed by atoms with Gasteiger partial charge >= 0.3 is 0 Å². The molecule has 0 aliphatic carbocycles. The zero-order valence-electron chi connectivity index (χ0n) is 27.8. The third-order valence-electron chi connectivity index (χ3n) is 6.25. The molecule has 0 saturated heterocycles. The molecule has 1 aromatic heterocycles. The summed E-state index contributed by atoms with van der Waals surface area (Å²) in [4.78, 5) is 1.50. The predicted octanol–water partition coefficient (Wildman–Crippen LogP) is 12.9. The van der Waals surface area contributed by atoms with Gasteiger partial charge in [0, 0.05) is 4.88 Å². The van der Waals surface area contributed by atoms with E-state index in [0.717, 1.165) is 30.1 Å². The normalized spacial score (nSPS) is 10.7. The Hall–Kier alpha value is -2.90. The molecule has 0 amide bonds. The molecule has 0 nitrogen and oxygen atoms in total. The van der Waals surface area contributed by atoms with Gasteiger partial charge in [0.25, 0.3) is 0 Å². The van der Waals surface area contributed by atoms with Crippen molar-refractivity contribution in [3.63, 3.8) is 0 Å². The summed E-state index contributed by atoms with van der Waals surface area (Å²) in [7, 11) is 0. The Morgan fingerprint density at radius 1 is 0.524 bits per heavy atom. The fourth-order valence-corrected chi connectivity index (χ4v) is 4.98. The van der Waals surface area contributed by atoms with Crippen molar-refractivity contribution in [1.82, 2.24) is 0 Å². The van der Waals surface area contributed by atoms with Gasteiger partial charge in [-0.25, -0.2) is 0 Å². The smallest absolute Gasteiger partial charge is 0.00477 e. The first-order valence-corrected chi connectivity index (χ1v) is 16.8. The van der Waals surface area contributed by atoms with Crippen molar-refractivity contribution < 1.29 is 0 Å². The Balaban J connectivity index is 0.000000281. The highest BCUT2D eigenvalue weighted by atomic mass is 32.1. The van der Waals surface area contributed by atoms with Crippen LogP contribution in [0.2, 0.25) is 0 Å². The fourth-order valence-electron chi connectivity index (χ4n) is 4.06. The molecule has 0 unspecified atom stereocenters. The highest BCUT2D eigenvalue weighted by Gasteiger charge is 1.96. The van der Waals surface area contributed by atoms with Crippen LogP contribution in [0.4, 0.5) is 0 Å². The first-order chi connectivity index (χ1) is 20.2. The van der Waals surface area contributed by atoms with Crippen LogP contribution in [0.25, 0.3) is 6.08 Å². The van der Waals surface area contributed by atoms with Gasteiger partial charge in [0.15, 0.2) is 0 Å². The minimum absolute atomic E-state index is 0.755. The zero-order valence-corrected chi connectivity index (χ0v) is 28.6. The van der Waals surface area contributed by atoms with Gasteiger partial charge in [-0.2, -0.15) is 0 Å². The molecule has 0 aliphatic heterocycles. The SMILES string of the molecule is CC(C)C/C=C/c1ccccc1.CC(C)CCc1ccccc1.CC(C)Cc1ccccc1.CC(C)Cc1cccs1. The van der Waals surface area contributed by atoms with E-state index < -0.39 is 0 Å². The second kappa shape index (κ2) is 23.6. The van der Waals surface area contributed by atoms with Crippen molar-refractivity contribution in [2.24, 2.45) is 23.7 Å². The molecule has 42 heavy (non-hydrogen) atoms. The highest BCUT2D eigenvalue weighted by molar-refractivity contribution is 7.09. The second-order valence-electron chi connectivity index (χ2n) is 12.6. The Kier molecular flexibility index (Phi) is 20.9. The van der Waals surface area contributed by atoms with Crippen LogP contribution in [-0.4, -0.2) is 0 Å². The molecular formula is C41H58S. The average molecular weight is 583 g/mol. The molecule has 1 heterocycles. The van der Waals surface area contributed by atoms with Gasteiger partial charge in [-0.05, 0) is 83.9 Å². The molecule has 0 fully saturated rings. The number of hydrogen-bond donors (Lipinski definition) is 0. The van der Waals surface area contributed by atoms with E-state index in [2.05, 4.69) is 170 Å². The van der Waals surface area contributed by atoms with Gasteiger partial charge < -0.3 is 0 Å². The lowest BCUT2D eigenvalue weighted by molar-refractivity contribution is 0.587. The molecule has 228 valence electrons. The van der Waals surface area contributed by atoms with Crippen molar-refractivity contribution in [2.75, 3.05) is 0 Å². The number of benzene rings is 3. The van der Waals surface area contributed by atoms with Crippen LogP contribution >= 0.6 is 11.3 Å². The summed E-state index contributed by atoms with van der Waals surface area (Å²) < 4.78 is 0. The van der Waals surface area contributed by atoms with E-state index >= 15 is 0 Å². The quantitative estimate of drug-likeness (QED) is 0.174. The van der Waals surface area contributed by atoms with E-state index in [1.807, 2.05) is 17.4 Å². The first-order valence-electron chi connectivity index (χ1n) is 16.0. The minimum Gasteiger partial charge on any atom is -0.149 e.